The van der Waals surface area contributed by atoms with E-state index in [1.54, 1.807) is 7.11 Å². The molecule has 1 aliphatic heterocycles. The Hall–Kier alpha value is -1.11. The van der Waals surface area contributed by atoms with Gasteiger partial charge in [-0.25, -0.2) is 4.68 Å². The third-order valence-corrected chi connectivity index (χ3v) is 4.20. The van der Waals surface area contributed by atoms with E-state index >= 15 is 0 Å². The highest BCUT2D eigenvalue weighted by Gasteiger charge is 2.22. The SMILES string of the molecule is COc1c(CN(C)CCN2C[C@@H](C)O[C@@H](C)C2)c(C)nn1C. The van der Waals surface area contributed by atoms with Crippen molar-refractivity contribution < 1.29 is 9.47 Å². The number of ether oxygens (including phenoxy) is 2. The van der Waals surface area contributed by atoms with Crippen LogP contribution in [0.25, 0.3) is 0 Å². The average molecular weight is 310 g/mol. The summed E-state index contributed by atoms with van der Waals surface area (Å²) in [4.78, 5) is 4.82. The Labute approximate surface area is 134 Å². The number of aromatic nitrogens is 2. The number of morpholine rings is 1. The molecule has 0 spiro atoms. The summed E-state index contributed by atoms with van der Waals surface area (Å²) in [7, 11) is 5.78. The highest BCUT2D eigenvalue weighted by Crippen LogP contribution is 2.22. The number of nitrogens with zero attached hydrogens (tertiary/aromatic N) is 4. The number of aryl methyl sites for hydroxylation is 2. The van der Waals surface area contributed by atoms with Crippen LogP contribution in [0.2, 0.25) is 0 Å². The molecule has 1 aromatic heterocycles. The average Bonchev–Trinajstić information content (AvgIpc) is 2.69. The standard InChI is InChI=1S/C16H30N4O2/c1-12-9-20(10-13(2)22-12)8-7-18(4)11-15-14(3)17-19(5)16(15)21-6/h12-13H,7-11H2,1-6H3/t12-,13+. The van der Waals surface area contributed by atoms with Crippen LogP contribution in [0, 0.1) is 6.92 Å². The molecule has 2 atom stereocenters. The maximum Gasteiger partial charge on any atom is 0.216 e. The van der Waals surface area contributed by atoms with Crippen molar-refractivity contribution in [1.29, 1.82) is 0 Å². The van der Waals surface area contributed by atoms with Crippen LogP contribution in [0.4, 0.5) is 0 Å². The van der Waals surface area contributed by atoms with Gasteiger partial charge in [0, 0.05) is 39.8 Å². The van der Waals surface area contributed by atoms with E-state index in [0.717, 1.165) is 44.3 Å². The zero-order valence-electron chi connectivity index (χ0n) is 14.8. The molecule has 0 unspecified atom stereocenters. The van der Waals surface area contributed by atoms with Crippen molar-refractivity contribution in [3.05, 3.63) is 11.3 Å². The molecule has 0 radical (unpaired) electrons. The molecular weight excluding hydrogens is 280 g/mol. The first-order valence-corrected chi connectivity index (χ1v) is 8.03. The zero-order chi connectivity index (χ0) is 16.3. The lowest BCUT2D eigenvalue weighted by Gasteiger charge is -2.36. The Morgan fingerprint density at radius 2 is 1.95 bits per heavy atom. The smallest absolute Gasteiger partial charge is 0.216 e. The predicted octanol–water partition coefficient (Wildman–Crippen LogP) is 1.28. The van der Waals surface area contributed by atoms with Crippen LogP contribution in [0.1, 0.15) is 25.1 Å². The van der Waals surface area contributed by atoms with Gasteiger partial charge in [-0.05, 0) is 27.8 Å². The summed E-state index contributed by atoms with van der Waals surface area (Å²) in [6.07, 6.45) is 0.657. The Balaban J connectivity index is 1.87. The Morgan fingerprint density at radius 3 is 2.55 bits per heavy atom. The van der Waals surface area contributed by atoms with Gasteiger partial charge in [0.1, 0.15) is 0 Å². The van der Waals surface area contributed by atoms with E-state index in [9.17, 15) is 0 Å². The van der Waals surface area contributed by atoms with E-state index in [4.69, 9.17) is 9.47 Å². The Morgan fingerprint density at radius 1 is 1.32 bits per heavy atom. The van der Waals surface area contributed by atoms with E-state index in [-0.39, 0.29) is 0 Å². The largest absolute Gasteiger partial charge is 0.481 e. The molecule has 6 nitrogen and oxygen atoms in total. The van der Waals surface area contributed by atoms with Gasteiger partial charge in [-0.2, -0.15) is 5.10 Å². The summed E-state index contributed by atoms with van der Waals surface area (Å²) in [5, 5.41) is 4.44. The number of likely N-dealkylation sites (N-methyl/N-ethyl adjacent to an activating group) is 1. The number of rotatable bonds is 6. The maximum atomic E-state index is 5.78. The molecule has 1 fully saturated rings. The molecule has 126 valence electrons. The molecule has 1 saturated heterocycles. The topological polar surface area (TPSA) is 42.8 Å². The van der Waals surface area contributed by atoms with Crippen LogP contribution in [0.5, 0.6) is 5.88 Å². The highest BCUT2D eigenvalue weighted by atomic mass is 16.5. The number of methoxy groups -OCH3 is 1. The highest BCUT2D eigenvalue weighted by molar-refractivity contribution is 5.30. The minimum Gasteiger partial charge on any atom is -0.481 e. The van der Waals surface area contributed by atoms with Gasteiger partial charge in [-0.3, -0.25) is 4.90 Å². The molecule has 0 saturated carbocycles. The normalized spacial score (nSPS) is 23.2. The van der Waals surface area contributed by atoms with Crippen molar-refractivity contribution in [3.63, 3.8) is 0 Å². The predicted molar refractivity (Wildman–Crippen MR) is 87.3 cm³/mol. The molecule has 0 N–H and O–H groups in total. The second-order valence-electron chi connectivity index (χ2n) is 6.45. The van der Waals surface area contributed by atoms with Crippen molar-refractivity contribution in [2.24, 2.45) is 7.05 Å². The molecule has 0 aromatic carbocycles. The van der Waals surface area contributed by atoms with Gasteiger partial charge in [0.05, 0.1) is 30.6 Å². The van der Waals surface area contributed by atoms with Gasteiger partial charge in [-0.15, -0.1) is 0 Å². The van der Waals surface area contributed by atoms with E-state index in [1.807, 2.05) is 18.7 Å². The lowest BCUT2D eigenvalue weighted by molar-refractivity contribution is -0.0691. The molecule has 1 aromatic rings. The summed E-state index contributed by atoms with van der Waals surface area (Å²) in [6.45, 7) is 11.3. The Bertz CT molecular complexity index is 479. The van der Waals surface area contributed by atoms with E-state index < -0.39 is 0 Å². The van der Waals surface area contributed by atoms with E-state index in [1.165, 1.54) is 5.56 Å². The first-order chi connectivity index (χ1) is 10.4. The van der Waals surface area contributed by atoms with E-state index in [2.05, 4.69) is 35.8 Å². The molecule has 22 heavy (non-hydrogen) atoms. The lowest BCUT2D eigenvalue weighted by Crippen LogP contribution is -2.47. The quantitative estimate of drug-likeness (QED) is 0.792. The second kappa shape index (κ2) is 7.44. The fourth-order valence-electron chi connectivity index (χ4n) is 3.25. The summed E-state index contributed by atoms with van der Waals surface area (Å²) in [6, 6.07) is 0. The monoisotopic (exact) mass is 310 g/mol. The summed E-state index contributed by atoms with van der Waals surface area (Å²) >= 11 is 0. The van der Waals surface area contributed by atoms with Crippen LogP contribution >= 0.6 is 0 Å². The summed E-state index contributed by atoms with van der Waals surface area (Å²) < 4.78 is 13.1. The lowest BCUT2D eigenvalue weighted by atomic mass is 10.2. The van der Waals surface area contributed by atoms with Crippen molar-refractivity contribution in [2.75, 3.05) is 40.3 Å². The van der Waals surface area contributed by atoms with Gasteiger partial charge in [-0.1, -0.05) is 0 Å². The zero-order valence-corrected chi connectivity index (χ0v) is 14.8. The fourth-order valence-corrected chi connectivity index (χ4v) is 3.25. The fraction of sp³-hybridized carbons (Fsp3) is 0.812. The second-order valence-corrected chi connectivity index (χ2v) is 6.45. The van der Waals surface area contributed by atoms with Crippen LogP contribution < -0.4 is 4.74 Å². The minimum atomic E-state index is 0.328. The first-order valence-electron chi connectivity index (χ1n) is 8.03. The van der Waals surface area contributed by atoms with Crippen molar-refractivity contribution >= 4 is 0 Å². The third-order valence-electron chi connectivity index (χ3n) is 4.20. The van der Waals surface area contributed by atoms with E-state index in [0.29, 0.717) is 12.2 Å². The van der Waals surface area contributed by atoms with Crippen LogP contribution in [-0.4, -0.2) is 72.1 Å². The molecule has 2 heterocycles. The number of hydrogen-bond acceptors (Lipinski definition) is 5. The van der Waals surface area contributed by atoms with Gasteiger partial charge < -0.3 is 14.4 Å². The minimum absolute atomic E-state index is 0.328. The van der Waals surface area contributed by atoms with Crippen molar-refractivity contribution in [3.8, 4) is 5.88 Å². The molecule has 0 amide bonds. The molecule has 1 aliphatic rings. The molecule has 0 bridgehead atoms. The van der Waals surface area contributed by atoms with Crippen molar-refractivity contribution in [1.82, 2.24) is 19.6 Å². The molecular formula is C16H30N4O2. The van der Waals surface area contributed by atoms with Gasteiger partial charge >= 0.3 is 0 Å². The maximum absolute atomic E-state index is 5.78. The summed E-state index contributed by atoms with van der Waals surface area (Å²) in [5.74, 6) is 0.859. The van der Waals surface area contributed by atoms with Gasteiger partial charge in [0.25, 0.3) is 0 Å². The number of hydrogen-bond donors (Lipinski definition) is 0. The van der Waals surface area contributed by atoms with Crippen molar-refractivity contribution in [2.45, 2.75) is 39.5 Å². The summed E-state index contributed by atoms with van der Waals surface area (Å²) in [5.41, 5.74) is 2.22. The third kappa shape index (κ3) is 4.21. The first kappa shape index (κ1) is 17.2. The molecule has 2 rings (SSSR count). The van der Waals surface area contributed by atoms with Gasteiger partial charge in [0.2, 0.25) is 5.88 Å². The van der Waals surface area contributed by atoms with Crippen LogP contribution in [0.3, 0.4) is 0 Å². The van der Waals surface area contributed by atoms with Crippen LogP contribution in [-0.2, 0) is 18.3 Å². The molecule has 0 aliphatic carbocycles. The van der Waals surface area contributed by atoms with Gasteiger partial charge in [0.15, 0.2) is 0 Å². The molecule has 6 heteroatoms. The van der Waals surface area contributed by atoms with Crippen LogP contribution in [0.15, 0.2) is 0 Å². The Kier molecular flexibility index (Phi) is 5.83.